The molecule has 0 saturated heterocycles. The van der Waals surface area contributed by atoms with Crippen LogP contribution >= 0.6 is 11.3 Å². The molecule has 3 aromatic heterocycles. The zero-order chi connectivity index (χ0) is 24.6. The highest BCUT2D eigenvalue weighted by atomic mass is 32.1. The Kier molecular flexibility index (Phi) is 6.13. The van der Waals surface area contributed by atoms with Crippen molar-refractivity contribution in [3.05, 3.63) is 59.1 Å². The molecule has 2 amide bonds. The molecule has 0 aliphatic rings. The van der Waals surface area contributed by atoms with Gasteiger partial charge < -0.3 is 10.6 Å². The lowest BCUT2D eigenvalue weighted by atomic mass is 10.1. The summed E-state index contributed by atoms with van der Waals surface area (Å²) in [6, 6.07) is 8.00. The maximum absolute atomic E-state index is 13.4. The van der Waals surface area contributed by atoms with Crippen LogP contribution in [0.2, 0.25) is 0 Å². The van der Waals surface area contributed by atoms with Crippen molar-refractivity contribution in [3.8, 4) is 10.6 Å². The number of hydrogen-bond donors (Lipinski definition) is 2. The van der Waals surface area contributed by atoms with Gasteiger partial charge in [-0.05, 0) is 49.6 Å². The van der Waals surface area contributed by atoms with Gasteiger partial charge in [0.15, 0.2) is 5.65 Å². The van der Waals surface area contributed by atoms with Gasteiger partial charge >= 0.3 is 6.18 Å². The van der Waals surface area contributed by atoms with E-state index in [1.54, 1.807) is 10.7 Å². The predicted molar refractivity (Wildman–Crippen MR) is 125 cm³/mol. The number of alkyl halides is 3. The van der Waals surface area contributed by atoms with E-state index in [1.807, 2.05) is 31.4 Å². The highest BCUT2D eigenvalue weighted by Gasteiger charge is 2.31. The molecule has 0 bridgehead atoms. The zero-order valence-corrected chi connectivity index (χ0v) is 19.2. The third kappa shape index (κ3) is 4.65. The molecule has 1 aromatic carbocycles. The van der Waals surface area contributed by atoms with Crippen molar-refractivity contribution >= 4 is 45.6 Å². The highest BCUT2D eigenvalue weighted by Crippen LogP contribution is 2.35. The number of aromatic nitrogens is 3. The van der Waals surface area contributed by atoms with Crippen molar-refractivity contribution < 1.29 is 22.8 Å². The van der Waals surface area contributed by atoms with Crippen molar-refractivity contribution in [2.24, 2.45) is 0 Å². The molecule has 0 aliphatic carbocycles. The van der Waals surface area contributed by atoms with Crippen LogP contribution in [0, 0.1) is 0 Å². The molecular weight excluding hydrogens is 467 g/mol. The summed E-state index contributed by atoms with van der Waals surface area (Å²) in [5.74, 6) is -1.14. The number of halogens is 3. The lowest BCUT2D eigenvalue weighted by molar-refractivity contribution is -0.137. The van der Waals surface area contributed by atoms with Gasteiger partial charge in [0, 0.05) is 13.0 Å². The minimum absolute atomic E-state index is 0.0330. The van der Waals surface area contributed by atoms with Crippen LogP contribution in [-0.2, 0) is 11.0 Å². The van der Waals surface area contributed by atoms with Crippen molar-refractivity contribution in [2.45, 2.75) is 33.0 Å². The maximum Gasteiger partial charge on any atom is 0.416 e. The molecule has 3 heterocycles. The van der Waals surface area contributed by atoms with E-state index in [0.717, 1.165) is 23.1 Å². The third-order valence-electron chi connectivity index (χ3n) is 4.98. The van der Waals surface area contributed by atoms with Crippen LogP contribution in [0.5, 0.6) is 0 Å². The number of pyridine rings is 1. The van der Waals surface area contributed by atoms with Crippen molar-refractivity contribution in [1.82, 2.24) is 14.8 Å². The van der Waals surface area contributed by atoms with E-state index in [2.05, 4.69) is 20.7 Å². The Balaban J connectivity index is 1.83. The Hall–Kier alpha value is -3.73. The van der Waals surface area contributed by atoms with Crippen LogP contribution in [0.15, 0.2) is 48.0 Å². The number of nitrogens with one attached hydrogen (secondary N) is 2. The SMILES string of the molecule is CC(=O)Nc1ccc(C(F)(F)F)cc1NC(=O)c1cc(-c2cccs2)nc2c1cnn2C(C)C. The van der Waals surface area contributed by atoms with Crippen molar-refractivity contribution in [3.63, 3.8) is 0 Å². The van der Waals surface area contributed by atoms with E-state index >= 15 is 0 Å². The number of rotatable bonds is 5. The van der Waals surface area contributed by atoms with Crippen LogP contribution in [0.1, 0.15) is 42.7 Å². The Morgan fingerprint density at radius 1 is 1.09 bits per heavy atom. The Morgan fingerprint density at radius 2 is 1.85 bits per heavy atom. The Bertz CT molecular complexity index is 1380. The minimum Gasteiger partial charge on any atom is -0.325 e. The lowest BCUT2D eigenvalue weighted by Gasteiger charge is -2.15. The van der Waals surface area contributed by atoms with E-state index in [-0.39, 0.29) is 23.0 Å². The normalized spacial score (nSPS) is 11.7. The van der Waals surface area contributed by atoms with Crippen LogP contribution in [0.25, 0.3) is 21.6 Å². The summed E-state index contributed by atoms with van der Waals surface area (Å²) >= 11 is 1.44. The summed E-state index contributed by atoms with van der Waals surface area (Å²) in [5, 5.41) is 11.7. The van der Waals surface area contributed by atoms with Crippen LogP contribution < -0.4 is 10.6 Å². The van der Waals surface area contributed by atoms with Gasteiger partial charge in [0.2, 0.25) is 5.91 Å². The average molecular weight is 488 g/mol. The van der Waals surface area contributed by atoms with Crippen LogP contribution in [0.4, 0.5) is 24.5 Å². The molecule has 11 heteroatoms. The first-order valence-corrected chi connectivity index (χ1v) is 11.1. The highest BCUT2D eigenvalue weighted by molar-refractivity contribution is 7.13. The monoisotopic (exact) mass is 487 g/mol. The summed E-state index contributed by atoms with van der Waals surface area (Å²) < 4.78 is 41.6. The number of nitrogens with zero attached hydrogens (tertiary/aromatic N) is 3. The summed E-state index contributed by atoms with van der Waals surface area (Å²) in [7, 11) is 0. The first-order chi connectivity index (χ1) is 16.0. The van der Waals surface area contributed by atoms with E-state index in [0.29, 0.717) is 16.7 Å². The molecule has 0 aliphatic heterocycles. The lowest BCUT2D eigenvalue weighted by Crippen LogP contribution is -2.17. The van der Waals surface area contributed by atoms with E-state index in [9.17, 15) is 22.8 Å². The summed E-state index contributed by atoms with van der Waals surface area (Å²) in [5.41, 5.74) is 0.151. The molecule has 0 saturated carbocycles. The molecule has 4 aromatic rings. The zero-order valence-electron chi connectivity index (χ0n) is 18.4. The number of fused-ring (bicyclic) bond motifs is 1. The van der Waals surface area contributed by atoms with Crippen LogP contribution in [0.3, 0.4) is 0 Å². The molecule has 0 atom stereocenters. The summed E-state index contributed by atoms with van der Waals surface area (Å²) in [4.78, 5) is 30.4. The Labute approximate surface area is 196 Å². The van der Waals surface area contributed by atoms with E-state index in [1.165, 1.54) is 24.5 Å². The number of thiophene rings is 1. The number of anilines is 2. The molecule has 0 fully saturated rings. The van der Waals surface area contributed by atoms with Gasteiger partial charge in [0.05, 0.1) is 44.7 Å². The minimum atomic E-state index is -4.62. The number of amides is 2. The Morgan fingerprint density at radius 3 is 2.47 bits per heavy atom. The van der Waals surface area contributed by atoms with Crippen molar-refractivity contribution in [2.75, 3.05) is 10.6 Å². The molecule has 0 spiro atoms. The molecule has 0 unspecified atom stereocenters. The van der Waals surface area contributed by atoms with E-state index < -0.39 is 23.6 Å². The second-order valence-electron chi connectivity index (χ2n) is 7.85. The number of benzene rings is 1. The first kappa shape index (κ1) is 23.4. The fourth-order valence-electron chi connectivity index (χ4n) is 3.45. The van der Waals surface area contributed by atoms with E-state index in [4.69, 9.17) is 0 Å². The fourth-order valence-corrected chi connectivity index (χ4v) is 4.13. The standard InChI is InChI=1S/C23H20F3N5O2S/c1-12(2)31-21-16(11-27-31)15(10-19(29-21)20-5-4-8-34-20)22(33)30-18-9-14(23(24,25)26)6-7-17(18)28-13(3)32/h4-12H,1-3H3,(H,28,32)(H,30,33). The van der Waals surface area contributed by atoms with Gasteiger partial charge in [0.1, 0.15) is 0 Å². The van der Waals surface area contributed by atoms with Gasteiger partial charge in [-0.2, -0.15) is 18.3 Å². The van der Waals surface area contributed by atoms with Crippen molar-refractivity contribution in [1.29, 1.82) is 0 Å². The number of carbonyl (C=O) groups is 2. The van der Waals surface area contributed by atoms with Gasteiger partial charge in [0.25, 0.3) is 5.91 Å². The average Bonchev–Trinajstić information content (AvgIpc) is 3.43. The predicted octanol–water partition coefficient (Wildman–Crippen LogP) is 5.97. The summed E-state index contributed by atoms with van der Waals surface area (Å²) in [6.07, 6.45) is -3.11. The summed E-state index contributed by atoms with van der Waals surface area (Å²) in [6.45, 7) is 5.07. The molecule has 0 radical (unpaired) electrons. The molecule has 7 nitrogen and oxygen atoms in total. The van der Waals surface area contributed by atoms with Gasteiger partial charge in [-0.1, -0.05) is 6.07 Å². The second-order valence-corrected chi connectivity index (χ2v) is 8.79. The molecule has 2 N–H and O–H groups in total. The molecule has 34 heavy (non-hydrogen) atoms. The first-order valence-electron chi connectivity index (χ1n) is 10.3. The third-order valence-corrected chi connectivity index (χ3v) is 5.87. The quantitative estimate of drug-likeness (QED) is 0.363. The smallest absolute Gasteiger partial charge is 0.325 e. The maximum atomic E-state index is 13.4. The second kappa shape index (κ2) is 8.90. The number of carbonyl (C=O) groups excluding carboxylic acids is 2. The molecule has 176 valence electrons. The van der Waals surface area contributed by atoms with Gasteiger partial charge in [-0.3, -0.25) is 9.59 Å². The van der Waals surface area contributed by atoms with Gasteiger partial charge in [-0.15, -0.1) is 11.3 Å². The van der Waals surface area contributed by atoms with Gasteiger partial charge in [-0.25, -0.2) is 9.67 Å². The van der Waals surface area contributed by atoms with Crippen LogP contribution in [-0.4, -0.2) is 26.6 Å². The molecular formula is C23H20F3N5O2S. The largest absolute Gasteiger partial charge is 0.416 e. The fraction of sp³-hybridized carbons (Fsp3) is 0.217. The molecule has 4 rings (SSSR count). The topological polar surface area (TPSA) is 88.9 Å². The number of hydrogen-bond acceptors (Lipinski definition) is 5.